The fourth-order valence-corrected chi connectivity index (χ4v) is 1.46. The normalized spacial score (nSPS) is 9.93. The van der Waals surface area contributed by atoms with E-state index in [1.54, 1.807) is 12.1 Å². The Bertz CT molecular complexity index is 482. The molecule has 0 saturated carbocycles. The molecule has 0 aliphatic heterocycles. The minimum Gasteiger partial charge on any atom is -0.204 e. The van der Waals surface area contributed by atoms with Crippen molar-refractivity contribution >= 4 is 5.69 Å². The van der Waals surface area contributed by atoms with Crippen molar-refractivity contribution in [2.75, 3.05) is 0 Å². The van der Waals surface area contributed by atoms with Crippen molar-refractivity contribution in [2.45, 2.75) is 0 Å². The summed E-state index contributed by atoms with van der Waals surface area (Å²) >= 11 is 0. The topological polar surface area (TPSA) is 29.4 Å². The average molecular weight is 201 g/mol. The summed E-state index contributed by atoms with van der Waals surface area (Å²) in [5.74, 6) is -0.591. The van der Waals surface area contributed by atoms with Gasteiger partial charge in [-0.25, -0.2) is 4.39 Å². The number of hydrogen-bond acceptors (Lipinski definition) is 2. The quantitative estimate of drug-likeness (QED) is 0.677. The number of benzene rings is 2. The van der Waals surface area contributed by atoms with Crippen LogP contribution in [0, 0.1) is 10.7 Å². The Labute approximate surface area is 86.3 Å². The lowest BCUT2D eigenvalue weighted by molar-refractivity contribution is 0.630. The molecule has 0 fully saturated rings. The van der Waals surface area contributed by atoms with Crippen molar-refractivity contribution < 1.29 is 4.39 Å². The zero-order valence-corrected chi connectivity index (χ0v) is 7.85. The molecule has 0 amide bonds. The molecule has 0 atom stereocenters. The van der Waals surface area contributed by atoms with Crippen molar-refractivity contribution in [3.63, 3.8) is 0 Å². The van der Waals surface area contributed by atoms with E-state index >= 15 is 0 Å². The van der Waals surface area contributed by atoms with Crippen LogP contribution in [0.4, 0.5) is 10.1 Å². The second-order valence-corrected chi connectivity index (χ2v) is 3.09. The molecule has 0 aliphatic carbocycles. The highest BCUT2D eigenvalue weighted by molar-refractivity contribution is 5.75. The van der Waals surface area contributed by atoms with Gasteiger partial charge in [0.05, 0.1) is 0 Å². The van der Waals surface area contributed by atoms with Gasteiger partial charge >= 0.3 is 0 Å². The maximum absolute atomic E-state index is 13.2. The van der Waals surface area contributed by atoms with E-state index in [0.717, 1.165) is 5.56 Å². The molecule has 0 spiro atoms. The molecule has 0 saturated heterocycles. The first kappa shape index (κ1) is 9.52. The molecule has 0 N–H and O–H groups in total. The summed E-state index contributed by atoms with van der Waals surface area (Å²) in [5, 5.41) is 2.72. The van der Waals surface area contributed by atoms with E-state index in [2.05, 4.69) is 5.18 Å². The van der Waals surface area contributed by atoms with Gasteiger partial charge in [0.25, 0.3) is 0 Å². The zero-order valence-electron chi connectivity index (χ0n) is 7.85. The third-order valence-corrected chi connectivity index (χ3v) is 2.16. The largest absolute Gasteiger partial charge is 0.204 e. The van der Waals surface area contributed by atoms with E-state index in [4.69, 9.17) is 0 Å². The molecule has 0 aliphatic rings. The van der Waals surface area contributed by atoms with Gasteiger partial charge < -0.3 is 0 Å². The Morgan fingerprint density at radius 2 is 1.67 bits per heavy atom. The van der Waals surface area contributed by atoms with Crippen molar-refractivity contribution in [1.82, 2.24) is 0 Å². The summed E-state index contributed by atoms with van der Waals surface area (Å²) in [6, 6.07) is 13.6. The lowest BCUT2D eigenvalue weighted by atomic mass is 10.0. The van der Waals surface area contributed by atoms with E-state index < -0.39 is 5.82 Å². The van der Waals surface area contributed by atoms with E-state index in [9.17, 15) is 9.30 Å². The number of nitroso groups, excluding NO2 is 1. The Balaban J connectivity index is 2.63. The highest BCUT2D eigenvalue weighted by Crippen LogP contribution is 2.31. The minimum atomic E-state index is -0.591. The third kappa shape index (κ3) is 1.76. The van der Waals surface area contributed by atoms with Crippen molar-refractivity contribution in [1.29, 1.82) is 0 Å². The van der Waals surface area contributed by atoms with Crippen LogP contribution in [0.2, 0.25) is 0 Å². The van der Waals surface area contributed by atoms with Gasteiger partial charge in [0.15, 0.2) is 11.5 Å². The van der Waals surface area contributed by atoms with Crippen LogP contribution in [0.3, 0.4) is 0 Å². The molecule has 15 heavy (non-hydrogen) atoms. The number of hydrogen-bond donors (Lipinski definition) is 0. The molecule has 2 rings (SSSR count). The second kappa shape index (κ2) is 4.00. The molecule has 0 heterocycles. The SMILES string of the molecule is O=Nc1c(F)cccc1-c1ccccc1. The van der Waals surface area contributed by atoms with Gasteiger partial charge in [-0.2, -0.15) is 0 Å². The van der Waals surface area contributed by atoms with Crippen LogP contribution in [-0.2, 0) is 0 Å². The molecule has 2 aromatic rings. The third-order valence-electron chi connectivity index (χ3n) is 2.16. The molecule has 0 radical (unpaired) electrons. The summed E-state index contributed by atoms with van der Waals surface area (Å²) in [4.78, 5) is 10.5. The van der Waals surface area contributed by atoms with Gasteiger partial charge in [0, 0.05) is 5.56 Å². The molecule has 2 aromatic carbocycles. The summed E-state index contributed by atoms with van der Waals surface area (Å²) in [5.41, 5.74) is 1.17. The Morgan fingerprint density at radius 3 is 2.33 bits per heavy atom. The minimum absolute atomic E-state index is 0.135. The fourth-order valence-electron chi connectivity index (χ4n) is 1.46. The first-order valence-electron chi connectivity index (χ1n) is 4.50. The van der Waals surface area contributed by atoms with Gasteiger partial charge in [0.2, 0.25) is 0 Å². The molecule has 3 heteroatoms. The first-order chi connectivity index (χ1) is 7.33. The summed E-state index contributed by atoms with van der Waals surface area (Å²) in [7, 11) is 0. The molecular formula is C12H8FNO. The van der Waals surface area contributed by atoms with Gasteiger partial charge in [0.1, 0.15) is 0 Å². The summed E-state index contributed by atoms with van der Waals surface area (Å²) in [6.45, 7) is 0. The molecule has 2 nitrogen and oxygen atoms in total. The van der Waals surface area contributed by atoms with E-state index in [1.807, 2.05) is 30.3 Å². The lowest BCUT2D eigenvalue weighted by Crippen LogP contribution is -1.81. The van der Waals surface area contributed by atoms with Gasteiger partial charge in [-0.05, 0) is 16.8 Å². The molecule has 74 valence electrons. The molecular weight excluding hydrogens is 193 g/mol. The fraction of sp³-hybridized carbons (Fsp3) is 0. The van der Waals surface area contributed by atoms with Crippen molar-refractivity contribution in [3.8, 4) is 11.1 Å². The van der Waals surface area contributed by atoms with E-state index in [-0.39, 0.29) is 5.69 Å². The standard InChI is InChI=1S/C12H8FNO/c13-11-8-4-7-10(12(11)14-15)9-5-2-1-3-6-9/h1-8H. The number of nitrogens with zero attached hydrogens (tertiary/aromatic N) is 1. The highest BCUT2D eigenvalue weighted by atomic mass is 19.1. The van der Waals surface area contributed by atoms with Crippen LogP contribution in [0.1, 0.15) is 0 Å². The molecule has 0 aromatic heterocycles. The van der Waals surface area contributed by atoms with Gasteiger partial charge in [-0.1, -0.05) is 42.5 Å². The van der Waals surface area contributed by atoms with Crippen LogP contribution in [0.5, 0.6) is 0 Å². The van der Waals surface area contributed by atoms with Crippen molar-refractivity contribution in [3.05, 3.63) is 59.3 Å². The monoisotopic (exact) mass is 201 g/mol. The summed E-state index contributed by atoms with van der Waals surface area (Å²) < 4.78 is 13.2. The first-order valence-corrected chi connectivity index (χ1v) is 4.50. The van der Waals surface area contributed by atoms with Gasteiger partial charge in [-0.3, -0.25) is 0 Å². The maximum atomic E-state index is 13.2. The highest BCUT2D eigenvalue weighted by Gasteiger charge is 2.09. The molecule has 0 bridgehead atoms. The molecule has 0 unspecified atom stereocenters. The van der Waals surface area contributed by atoms with Crippen LogP contribution >= 0.6 is 0 Å². The van der Waals surface area contributed by atoms with Crippen molar-refractivity contribution in [2.24, 2.45) is 5.18 Å². The van der Waals surface area contributed by atoms with Crippen LogP contribution in [0.25, 0.3) is 11.1 Å². The predicted octanol–water partition coefficient (Wildman–Crippen LogP) is 3.89. The Morgan fingerprint density at radius 1 is 0.933 bits per heavy atom. The zero-order chi connectivity index (χ0) is 10.7. The Hall–Kier alpha value is -2.03. The van der Waals surface area contributed by atoms with Crippen LogP contribution < -0.4 is 0 Å². The summed E-state index contributed by atoms with van der Waals surface area (Å²) in [6.07, 6.45) is 0. The average Bonchev–Trinajstić information content (AvgIpc) is 2.30. The maximum Gasteiger partial charge on any atom is 0.153 e. The van der Waals surface area contributed by atoms with E-state index in [1.165, 1.54) is 6.07 Å². The lowest BCUT2D eigenvalue weighted by Gasteiger charge is -2.03. The van der Waals surface area contributed by atoms with Crippen LogP contribution in [-0.4, -0.2) is 0 Å². The van der Waals surface area contributed by atoms with Crippen LogP contribution in [0.15, 0.2) is 53.7 Å². The smallest absolute Gasteiger partial charge is 0.153 e. The number of rotatable bonds is 2. The van der Waals surface area contributed by atoms with Gasteiger partial charge in [-0.15, -0.1) is 4.91 Å². The van der Waals surface area contributed by atoms with E-state index in [0.29, 0.717) is 5.56 Å². The Kier molecular flexibility index (Phi) is 2.54. The second-order valence-electron chi connectivity index (χ2n) is 3.09. The predicted molar refractivity (Wildman–Crippen MR) is 57.3 cm³/mol. The number of halogens is 1.